The molecule has 154 valence electrons. The van der Waals surface area contributed by atoms with E-state index >= 15 is 0 Å². The minimum atomic E-state index is 0. The third kappa shape index (κ3) is 6.60. The van der Waals surface area contributed by atoms with Gasteiger partial charge in [0.25, 0.3) is 0 Å². The van der Waals surface area contributed by atoms with Crippen LogP contribution in [0.5, 0.6) is 0 Å². The van der Waals surface area contributed by atoms with Crippen molar-refractivity contribution in [3.63, 3.8) is 0 Å². The molecule has 0 aliphatic carbocycles. The number of likely N-dealkylation sites (tertiary alicyclic amines) is 1. The van der Waals surface area contributed by atoms with E-state index in [0.717, 1.165) is 64.7 Å². The van der Waals surface area contributed by atoms with Crippen LogP contribution in [0.25, 0.3) is 0 Å². The van der Waals surface area contributed by atoms with Gasteiger partial charge in [0.1, 0.15) is 0 Å². The van der Waals surface area contributed by atoms with Crippen LogP contribution in [-0.4, -0.2) is 73.0 Å². The van der Waals surface area contributed by atoms with Crippen molar-refractivity contribution in [1.29, 1.82) is 0 Å². The summed E-state index contributed by atoms with van der Waals surface area (Å²) >= 11 is 0. The lowest BCUT2D eigenvalue weighted by Gasteiger charge is -2.39. The average Bonchev–Trinajstić information content (AvgIpc) is 3.36. The van der Waals surface area contributed by atoms with Crippen molar-refractivity contribution in [3.05, 3.63) is 18.7 Å². The van der Waals surface area contributed by atoms with Crippen molar-refractivity contribution >= 4 is 29.9 Å². The van der Waals surface area contributed by atoms with Crippen LogP contribution >= 0.6 is 24.0 Å². The molecule has 3 unspecified atom stereocenters. The topological polar surface area (TPSA) is 63.9 Å². The van der Waals surface area contributed by atoms with Gasteiger partial charge in [-0.1, -0.05) is 6.92 Å². The molecule has 2 aliphatic rings. The molecule has 0 spiro atoms. The molecule has 1 aromatic heterocycles. The fourth-order valence-corrected chi connectivity index (χ4v) is 3.79. The molecule has 2 aliphatic heterocycles. The van der Waals surface area contributed by atoms with Gasteiger partial charge in [-0.15, -0.1) is 24.0 Å². The van der Waals surface area contributed by atoms with Crippen molar-refractivity contribution in [1.82, 2.24) is 19.8 Å². The number of halogens is 1. The molecule has 3 atom stereocenters. The first-order chi connectivity index (χ1) is 12.8. The lowest BCUT2D eigenvalue weighted by Crippen LogP contribution is -2.49. The largest absolute Gasteiger partial charge is 0.379 e. The number of hydrogen-bond acceptors (Lipinski definition) is 4. The number of aliphatic imine (C=N–C) groups is 1. The summed E-state index contributed by atoms with van der Waals surface area (Å²) in [7, 11) is 1.86. The molecular weight excluding hydrogens is 457 g/mol. The highest BCUT2D eigenvalue weighted by molar-refractivity contribution is 14.0. The molecule has 8 heteroatoms. The highest BCUT2D eigenvalue weighted by Crippen LogP contribution is 2.27. The Morgan fingerprint density at radius 1 is 1.41 bits per heavy atom. The maximum atomic E-state index is 5.73. The number of ether oxygens (including phenoxy) is 2. The van der Waals surface area contributed by atoms with Gasteiger partial charge in [-0.3, -0.25) is 4.99 Å². The Bertz CT molecular complexity index is 548. The summed E-state index contributed by atoms with van der Waals surface area (Å²) < 4.78 is 13.5. The number of rotatable bonds is 7. The van der Waals surface area contributed by atoms with Gasteiger partial charge in [-0.2, -0.15) is 0 Å². The highest BCUT2D eigenvalue weighted by atomic mass is 127. The van der Waals surface area contributed by atoms with Crippen LogP contribution in [-0.2, 0) is 9.47 Å². The molecule has 1 aromatic rings. The normalized spacial score (nSPS) is 26.1. The van der Waals surface area contributed by atoms with Crippen molar-refractivity contribution in [3.8, 4) is 0 Å². The lowest BCUT2D eigenvalue weighted by molar-refractivity contribution is 0.0168. The van der Waals surface area contributed by atoms with E-state index < -0.39 is 0 Å². The average molecular weight is 491 g/mol. The predicted octanol–water partition coefficient (Wildman–Crippen LogP) is 2.55. The molecule has 0 saturated carbocycles. The molecule has 27 heavy (non-hydrogen) atoms. The summed E-state index contributed by atoms with van der Waals surface area (Å²) in [6, 6.07) is 0.444. The molecule has 1 N–H and O–H groups in total. The minimum absolute atomic E-state index is 0. The summed E-state index contributed by atoms with van der Waals surface area (Å²) in [5, 5.41) is 3.49. The molecule has 2 saturated heterocycles. The zero-order valence-electron chi connectivity index (χ0n) is 16.5. The number of guanidine groups is 1. The molecule has 2 fully saturated rings. The van der Waals surface area contributed by atoms with Gasteiger partial charge in [-0.25, -0.2) is 4.98 Å². The van der Waals surface area contributed by atoms with E-state index in [9.17, 15) is 0 Å². The van der Waals surface area contributed by atoms with E-state index in [4.69, 9.17) is 9.47 Å². The molecular formula is C19H34IN5O2. The first-order valence-electron chi connectivity index (χ1n) is 9.90. The second-order valence-corrected chi connectivity index (χ2v) is 7.33. The Morgan fingerprint density at radius 3 is 3.00 bits per heavy atom. The Morgan fingerprint density at radius 2 is 2.30 bits per heavy atom. The van der Waals surface area contributed by atoms with Crippen LogP contribution in [0.15, 0.2) is 23.7 Å². The summed E-state index contributed by atoms with van der Waals surface area (Å²) in [4.78, 5) is 11.0. The summed E-state index contributed by atoms with van der Waals surface area (Å²) in [5.41, 5.74) is 0. The second-order valence-electron chi connectivity index (χ2n) is 7.33. The van der Waals surface area contributed by atoms with Gasteiger partial charge >= 0.3 is 0 Å². The summed E-state index contributed by atoms with van der Waals surface area (Å²) in [5.74, 6) is 1.63. The smallest absolute Gasteiger partial charge is 0.193 e. The van der Waals surface area contributed by atoms with Gasteiger partial charge in [0.2, 0.25) is 0 Å². The molecule has 0 radical (unpaired) electrons. The van der Waals surface area contributed by atoms with Crippen molar-refractivity contribution < 1.29 is 9.47 Å². The zero-order valence-corrected chi connectivity index (χ0v) is 18.9. The summed E-state index contributed by atoms with van der Waals surface area (Å²) in [6.07, 6.45) is 10.6. The van der Waals surface area contributed by atoms with Crippen LogP contribution < -0.4 is 5.32 Å². The first-order valence-corrected chi connectivity index (χ1v) is 9.90. The fourth-order valence-electron chi connectivity index (χ4n) is 3.79. The Hall–Kier alpha value is -0.870. The Labute approximate surface area is 179 Å². The molecule has 0 amide bonds. The predicted molar refractivity (Wildman–Crippen MR) is 118 cm³/mol. The number of imidazole rings is 1. The monoisotopic (exact) mass is 491 g/mol. The number of nitrogens with one attached hydrogen (secondary N) is 1. The zero-order chi connectivity index (χ0) is 18.2. The first kappa shape index (κ1) is 22.4. The van der Waals surface area contributed by atoms with Gasteiger partial charge in [-0.05, 0) is 31.6 Å². The maximum Gasteiger partial charge on any atom is 0.193 e. The van der Waals surface area contributed by atoms with Crippen molar-refractivity contribution in [2.24, 2.45) is 10.9 Å². The summed E-state index contributed by atoms with van der Waals surface area (Å²) in [6.45, 7) is 7.59. The molecule has 0 aromatic carbocycles. The third-order valence-electron chi connectivity index (χ3n) is 5.41. The third-order valence-corrected chi connectivity index (χ3v) is 5.41. The fraction of sp³-hybridized carbons (Fsp3) is 0.789. The number of piperidine rings is 1. The van der Waals surface area contributed by atoms with E-state index in [2.05, 4.69) is 37.9 Å². The van der Waals surface area contributed by atoms with Crippen molar-refractivity contribution in [2.45, 2.75) is 44.8 Å². The van der Waals surface area contributed by atoms with E-state index in [0.29, 0.717) is 18.1 Å². The number of hydrogen-bond donors (Lipinski definition) is 1. The Balaban J connectivity index is 0.00000261. The van der Waals surface area contributed by atoms with Gasteiger partial charge in [0.05, 0.1) is 25.1 Å². The van der Waals surface area contributed by atoms with Crippen LogP contribution in [0.2, 0.25) is 0 Å². The Kier molecular flexibility index (Phi) is 9.84. The maximum absolute atomic E-state index is 5.73. The van der Waals surface area contributed by atoms with Crippen LogP contribution in [0.4, 0.5) is 0 Å². The standard InChI is InChI=1S/C19H33N5O2.HI/c1-16-6-9-23(13-18(16)24-10-8-21-15-24)19(20-2)22-7-4-11-25-14-17-5-3-12-26-17;/h8,10,15-18H,3-7,9,11-14H2,1-2H3,(H,20,22);1H. The molecule has 0 bridgehead atoms. The molecule has 7 nitrogen and oxygen atoms in total. The van der Waals surface area contributed by atoms with Gasteiger partial charge in [0.15, 0.2) is 5.96 Å². The van der Waals surface area contributed by atoms with E-state index in [1.54, 1.807) is 0 Å². The molecule has 3 rings (SSSR count). The second kappa shape index (κ2) is 11.9. The van der Waals surface area contributed by atoms with E-state index in [1.165, 1.54) is 6.42 Å². The lowest BCUT2D eigenvalue weighted by atomic mass is 9.93. The van der Waals surface area contributed by atoms with Gasteiger partial charge < -0.3 is 24.3 Å². The van der Waals surface area contributed by atoms with Crippen LogP contribution in [0.3, 0.4) is 0 Å². The van der Waals surface area contributed by atoms with Gasteiger partial charge in [0, 0.05) is 52.3 Å². The minimum Gasteiger partial charge on any atom is -0.379 e. The van der Waals surface area contributed by atoms with Crippen LogP contribution in [0, 0.1) is 5.92 Å². The number of aromatic nitrogens is 2. The van der Waals surface area contributed by atoms with E-state index in [1.807, 2.05) is 19.6 Å². The molecule has 3 heterocycles. The van der Waals surface area contributed by atoms with E-state index in [-0.39, 0.29) is 24.0 Å². The quantitative estimate of drug-likeness (QED) is 0.275. The SMILES string of the molecule is CN=C(NCCCOCC1CCCO1)N1CCC(C)C(n2ccnc2)C1.I. The van der Waals surface area contributed by atoms with Crippen molar-refractivity contribution in [2.75, 3.05) is 46.5 Å². The van der Waals surface area contributed by atoms with Crippen LogP contribution in [0.1, 0.15) is 38.6 Å². The number of nitrogens with zero attached hydrogens (tertiary/aromatic N) is 4. The highest BCUT2D eigenvalue weighted by Gasteiger charge is 2.28.